The summed E-state index contributed by atoms with van der Waals surface area (Å²) in [4.78, 5) is 61.0. The molecule has 0 radical (unpaired) electrons. The van der Waals surface area contributed by atoms with Crippen molar-refractivity contribution in [1.29, 1.82) is 0 Å². The van der Waals surface area contributed by atoms with Gasteiger partial charge in [0, 0.05) is 12.2 Å². The van der Waals surface area contributed by atoms with Crippen LogP contribution in [-0.4, -0.2) is 64.6 Å². The van der Waals surface area contributed by atoms with Gasteiger partial charge in [-0.1, -0.05) is 44.2 Å². The third kappa shape index (κ3) is 10.2. The van der Waals surface area contributed by atoms with Crippen LogP contribution in [0, 0.1) is 5.92 Å². The van der Waals surface area contributed by atoms with Crippen molar-refractivity contribution in [2.45, 2.75) is 57.3 Å². The van der Waals surface area contributed by atoms with E-state index in [0.717, 1.165) is 0 Å². The quantitative estimate of drug-likeness (QED) is 0.160. The first-order chi connectivity index (χ1) is 15.9. The number of hydrogen-bond acceptors (Lipinski definition) is 7. The van der Waals surface area contributed by atoms with Crippen LogP contribution in [0.4, 0.5) is 0 Å². The summed E-state index contributed by atoms with van der Waals surface area (Å²) in [6.45, 7) is 3.76. The minimum atomic E-state index is -1.37. The summed E-state index contributed by atoms with van der Waals surface area (Å²) in [5.41, 5.74) is 11.8. The van der Waals surface area contributed by atoms with Gasteiger partial charge < -0.3 is 32.5 Å². The van der Waals surface area contributed by atoms with Gasteiger partial charge in [0.15, 0.2) is 0 Å². The molecule has 0 saturated heterocycles. The summed E-state index contributed by atoms with van der Waals surface area (Å²) in [5, 5.41) is 16.4. The van der Waals surface area contributed by atoms with Gasteiger partial charge >= 0.3 is 5.97 Å². The number of nitrogens with one attached hydrogen (secondary N) is 3. The highest BCUT2D eigenvalue weighted by atomic mass is 32.1. The Balaban J connectivity index is 3.08. The number of amides is 4. The molecule has 4 unspecified atom stereocenters. The van der Waals surface area contributed by atoms with Crippen molar-refractivity contribution >= 4 is 42.2 Å². The molecule has 8 N–H and O–H groups in total. The summed E-state index contributed by atoms with van der Waals surface area (Å²) in [6, 6.07) is 3.97. The van der Waals surface area contributed by atoms with E-state index in [-0.39, 0.29) is 18.1 Å². The van der Waals surface area contributed by atoms with Crippen LogP contribution in [0.1, 0.15) is 32.3 Å². The molecule has 0 aliphatic heterocycles. The van der Waals surface area contributed by atoms with Gasteiger partial charge in [0.25, 0.3) is 0 Å². The number of hydrogen-bond donors (Lipinski definition) is 7. The molecule has 12 heteroatoms. The molecular formula is C22H33N5O6S. The molecule has 1 rings (SSSR count). The monoisotopic (exact) mass is 495 g/mol. The third-order valence-corrected chi connectivity index (χ3v) is 5.18. The second-order valence-electron chi connectivity index (χ2n) is 8.30. The van der Waals surface area contributed by atoms with Gasteiger partial charge in [-0.15, -0.1) is 0 Å². The molecule has 0 heterocycles. The van der Waals surface area contributed by atoms with Crippen LogP contribution in [0.15, 0.2) is 30.3 Å². The van der Waals surface area contributed by atoms with Crippen molar-refractivity contribution in [2.75, 3.05) is 5.75 Å². The number of carboxylic acid groups (broad SMARTS) is 1. The van der Waals surface area contributed by atoms with Crippen LogP contribution < -0.4 is 27.4 Å². The second-order valence-corrected chi connectivity index (χ2v) is 8.67. The van der Waals surface area contributed by atoms with Crippen LogP contribution in [-0.2, 0) is 30.4 Å². The fourth-order valence-corrected chi connectivity index (χ4v) is 3.34. The number of primary amides is 1. The smallest absolute Gasteiger partial charge is 0.327 e. The standard InChI is InChI=1S/C22H33N5O6S/c1-12(2)8-14(23)19(29)25-16(10-18(24)28)21(31)26-15(9-13-6-4-3-5-7-13)20(30)27-17(11-34)22(32)33/h3-7,12,14-17,34H,8-11,23H2,1-2H3,(H2,24,28)(H,25,29)(H,26,31)(H,27,30)(H,32,33). The highest BCUT2D eigenvalue weighted by Gasteiger charge is 2.31. The van der Waals surface area contributed by atoms with Gasteiger partial charge in [-0.2, -0.15) is 12.6 Å². The van der Waals surface area contributed by atoms with Gasteiger partial charge in [0.05, 0.1) is 12.5 Å². The Labute approximate surface area is 203 Å². The zero-order valence-corrected chi connectivity index (χ0v) is 20.1. The zero-order valence-electron chi connectivity index (χ0n) is 19.2. The zero-order chi connectivity index (χ0) is 25.8. The maximum atomic E-state index is 13.0. The van der Waals surface area contributed by atoms with Gasteiger partial charge in [-0.05, 0) is 17.9 Å². The molecule has 0 aliphatic rings. The minimum Gasteiger partial charge on any atom is -0.480 e. The summed E-state index contributed by atoms with van der Waals surface area (Å²) >= 11 is 3.92. The van der Waals surface area contributed by atoms with E-state index >= 15 is 0 Å². The van der Waals surface area contributed by atoms with Crippen molar-refractivity contribution in [2.24, 2.45) is 17.4 Å². The summed E-state index contributed by atoms with van der Waals surface area (Å²) in [6.07, 6.45) is -0.127. The fourth-order valence-electron chi connectivity index (χ4n) is 3.09. The Morgan fingerprint density at radius 3 is 1.94 bits per heavy atom. The SMILES string of the molecule is CC(C)CC(N)C(=O)NC(CC(N)=O)C(=O)NC(Cc1ccccc1)C(=O)NC(CS)C(=O)O. The molecular weight excluding hydrogens is 462 g/mol. The molecule has 4 atom stereocenters. The molecule has 4 amide bonds. The number of carbonyl (C=O) groups is 5. The average Bonchev–Trinajstić information content (AvgIpc) is 2.75. The summed E-state index contributed by atoms with van der Waals surface area (Å²) < 4.78 is 0. The maximum absolute atomic E-state index is 13.0. The predicted octanol–water partition coefficient (Wildman–Crippen LogP) is -1.05. The van der Waals surface area contributed by atoms with E-state index in [4.69, 9.17) is 11.5 Å². The Kier molecular flexibility index (Phi) is 12.1. The van der Waals surface area contributed by atoms with E-state index in [1.54, 1.807) is 30.3 Å². The Hall–Kier alpha value is -3.12. The van der Waals surface area contributed by atoms with E-state index in [2.05, 4.69) is 28.6 Å². The molecule has 1 aromatic carbocycles. The van der Waals surface area contributed by atoms with Crippen LogP contribution in [0.3, 0.4) is 0 Å². The van der Waals surface area contributed by atoms with E-state index in [1.165, 1.54) is 0 Å². The molecule has 0 fully saturated rings. The average molecular weight is 496 g/mol. The number of carboxylic acids is 1. The second kappa shape index (κ2) is 14.2. The van der Waals surface area contributed by atoms with Crippen LogP contribution >= 0.6 is 12.6 Å². The number of carbonyl (C=O) groups excluding carboxylic acids is 4. The Morgan fingerprint density at radius 1 is 0.912 bits per heavy atom. The van der Waals surface area contributed by atoms with Gasteiger partial charge in [-0.3, -0.25) is 19.2 Å². The van der Waals surface area contributed by atoms with E-state index < -0.39 is 60.2 Å². The Bertz CT molecular complexity index is 867. The molecule has 34 heavy (non-hydrogen) atoms. The van der Waals surface area contributed by atoms with Crippen molar-refractivity contribution in [1.82, 2.24) is 16.0 Å². The molecule has 1 aromatic rings. The lowest BCUT2D eigenvalue weighted by atomic mass is 10.0. The number of aliphatic carboxylic acids is 1. The maximum Gasteiger partial charge on any atom is 0.327 e. The largest absolute Gasteiger partial charge is 0.480 e. The lowest BCUT2D eigenvalue weighted by Crippen LogP contribution is -2.58. The van der Waals surface area contributed by atoms with Gasteiger partial charge in [-0.25, -0.2) is 4.79 Å². The summed E-state index contributed by atoms with van der Waals surface area (Å²) in [5.74, 6) is -4.41. The molecule has 11 nitrogen and oxygen atoms in total. The molecule has 0 bridgehead atoms. The van der Waals surface area contributed by atoms with Gasteiger partial charge in [0.2, 0.25) is 23.6 Å². The molecule has 0 aliphatic carbocycles. The van der Waals surface area contributed by atoms with E-state index in [0.29, 0.717) is 12.0 Å². The van der Waals surface area contributed by atoms with Crippen molar-refractivity contribution in [3.05, 3.63) is 35.9 Å². The van der Waals surface area contributed by atoms with Crippen molar-refractivity contribution in [3.63, 3.8) is 0 Å². The van der Waals surface area contributed by atoms with Crippen LogP contribution in [0.25, 0.3) is 0 Å². The third-order valence-electron chi connectivity index (χ3n) is 4.81. The van der Waals surface area contributed by atoms with E-state index in [1.807, 2.05) is 13.8 Å². The Morgan fingerprint density at radius 2 is 1.44 bits per heavy atom. The number of rotatable bonds is 14. The molecule has 0 aromatic heterocycles. The topological polar surface area (TPSA) is 194 Å². The number of benzene rings is 1. The molecule has 0 saturated carbocycles. The predicted molar refractivity (Wildman–Crippen MR) is 129 cm³/mol. The highest BCUT2D eigenvalue weighted by molar-refractivity contribution is 7.80. The first-order valence-electron chi connectivity index (χ1n) is 10.8. The van der Waals surface area contributed by atoms with E-state index in [9.17, 15) is 29.1 Å². The first-order valence-corrected chi connectivity index (χ1v) is 11.4. The molecule has 188 valence electrons. The highest BCUT2D eigenvalue weighted by Crippen LogP contribution is 2.07. The lowest BCUT2D eigenvalue weighted by Gasteiger charge is -2.25. The lowest BCUT2D eigenvalue weighted by molar-refractivity contribution is -0.141. The van der Waals surface area contributed by atoms with Gasteiger partial charge in [0.1, 0.15) is 18.1 Å². The van der Waals surface area contributed by atoms with Crippen LogP contribution in [0.2, 0.25) is 0 Å². The fraction of sp³-hybridized carbons (Fsp3) is 0.500. The minimum absolute atomic E-state index is 0.0292. The number of thiol groups is 1. The van der Waals surface area contributed by atoms with Crippen LogP contribution in [0.5, 0.6) is 0 Å². The molecule has 0 spiro atoms. The first kappa shape index (κ1) is 28.9. The van der Waals surface area contributed by atoms with Crippen molar-refractivity contribution in [3.8, 4) is 0 Å². The van der Waals surface area contributed by atoms with Crippen molar-refractivity contribution < 1.29 is 29.1 Å². The summed E-state index contributed by atoms with van der Waals surface area (Å²) in [7, 11) is 0. The normalized spacial score (nSPS) is 14.4. The number of nitrogens with two attached hydrogens (primary N) is 2.